The highest BCUT2D eigenvalue weighted by atomic mass is 35.5. The van der Waals surface area contributed by atoms with E-state index >= 15 is 0 Å². The van der Waals surface area contributed by atoms with Crippen LogP contribution in [0.5, 0.6) is 0 Å². The molecule has 1 aromatic carbocycles. The van der Waals surface area contributed by atoms with Gasteiger partial charge in [0.1, 0.15) is 6.04 Å². The molecule has 0 radical (unpaired) electrons. The van der Waals surface area contributed by atoms with Gasteiger partial charge in [-0.25, -0.2) is 0 Å². The Morgan fingerprint density at radius 2 is 1.96 bits per heavy atom. The molecule has 1 unspecified atom stereocenters. The highest BCUT2D eigenvalue weighted by molar-refractivity contribution is 6.31. The van der Waals surface area contributed by atoms with Gasteiger partial charge >= 0.3 is 0 Å². The van der Waals surface area contributed by atoms with Gasteiger partial charge in [0.05, 0.1) is 0 Å². The molecule has 1 N–H and O–H groups in total. The second kappa shape index (κ2) is 7.35. The second-order valence-corrected chi connectivity index (χ2v) is 6.90. The summed E-state index contributed by atoms with van der Waals surface area (Å²) >= 11 is 6.27. The Labute approximate surface area is 142 Å². The fraction of sp³-hybridized carbons (Fsp3) is 0.556. The van der Waals surface area contributed by atoms with Gasteiger partial charge in [-0.15, -0.1) is 0 Å². The summed E-state index contributed by atoms with van der Waals surface area (Å²) in [6.45, 7) is 1.11. The predicted molar refractivity (Wildman–Crippen MR) is 90.0 cm³/mol. The van der Waals surface area contributed by atoms with Crippen molar-refractivity contribution in [2.45, 2.75) is 51.1 Å². The van der Waals surface area contributed by atoms with Crippen LogP contribution in [0.25, 0.3) is 0 Å². The van der Waals surface area contributed by atoms with Crippen molar-refractivity contribution >= 4 is 23.4 Å². The van der Waals surface area contributed by atoms with E-state index in [9.17, 15) is 9.59 Å². The molecule has 4 nitrogen and oxygen atoms in total. The first-order valence-electron chi connectivity index (χ1n) is 8.48. The average molecular weight is 335 g/mol. The summed E-state index contributed by atoms with van der Waals surface area (Å²) in [5.41, 5.74) is 0.902. The molecular formula is C18H23ClN2O2. The molecule has 1 aliphatic carbocycles. The van der Waals surface area contributed by atoms with Gasteiger partial charge in [0.15, 0.2) is 0 Å². The molecule has 2 aliphatic rings. The lowest BCUT2D eigenvalue weighted by molar-refractivity contribution is -0.146. The number of carbonyl (C=O) groups excluding carboxylic acids is 2. The zero-order valence-electron chi connectivity index (χ0n) is 13.3. The van der Waals surface area contributed by atoms with Crippen molar-refractivity contribution in [3.63, 3.8) is 0 Å². The molecule has 5 heteroatoms. The molecule has 2 fully saturated rings. The van der Waals surface area contributed by atoms with Crippen LogP contribution in [-0.4, -0.2) is 29.3 Å². The number of nitrogens with one attached hydrogen (secondary N) is 1. The molecule has 2 amide bonds. The molecule has 1 atom stereocenters. The quantitative estimate of drug-likeness (QED) is 0.919. The van der Waals surface area contributed by atoms with E-state index in [0.29, 0.717) is 18.1 Å². The van der Waals surface area contributed by atoms with Crippen molar-refractivity contribution in [2.24, 2.45) is 5.92 Å². The maximum atomic E-state index is 12.9. The molecule has 1 heterocycles. The Balaban J connectivity index is 1.84. The fourth-order valence-corrected chi connectivity index (χ4v) is 3.46. The van der Waals surface area contributed by atoms with Gasteiger partial charge in [-0.1, -0.05) is 36.2 Å². The average Bonchev–Trinajstić information content (AvgIpc) is 2.69. The third kappa shape index (κ3) is 3.69. The van der Waals surface area contributed by atoms with E-state index in [4.69, 9.17) is 11.6 Å². The Kier molecular flexibility index (Phi) is 5.21. The monoisotopic (exact) mass is 334 g/mol. The molecule has 1 saturated carbocycles. The van der Waals surface area contributed by atoms with E-state index in [0.717, 1.165) is 44.1 Å². The Morgan fingerprint density at radius 3 is 2.65 bits per heavy atom. The third-order valence-corrected chi connectivity index (χ3v) is 5.29. The number of hydrogen-bond donors (Lipinski definition) is 1. The summed E-state index contributed by atoms with van der Waals surface area (Å²) in [4.78, 5) is 27.1. The number of rotatable bonds is 4. The Bertz CT molecular complexity index is 586. The first-order valence-corrected chi connectivity index (χ1v) is 8.86. The van der Waals surface area contributed by atoms with Gasteiger partial charge in [0, 0.05) is 24.0 Å². The lowest BCUT2D eigenvalue weighted by Crippen LogP contribution is -2.51. The van der Waals surface area contributed by atoms with Crippen molar-refractivity contribution in [1.29, 1.82) is 0 Å². The number of hydrogen-bond acceptors (Lipinski definition) is 2. The Hall–Kier alpha value is -1.55. The maximum absolute atomic E-state index is 12.9. The van der Waals surface area contributed by atoms with E-state index in [1.54, 1.807) is 4.90 Å². The van der Waals surface area contributed by atoms with Crippen LogP contribution < -0.4 is 5.32 Å². The molecule has 0 spiro atoms. The van der Waals surface area contributed by atoms with Gasteiger partial charge in [-0.05, 0) is 43.7 Å². The first-order chi connectivity index (χ1) is 11.2. The van der Waals surface area contributed by atoms with E-state index < -0.39 is 0 Å². The highest BCUT2D eigenvalue weighted by Crippen LogP contribution is 2.31. The zero-order chi connectivity index (χ0) is 16.2. The summed E-state index contributed by atoms with van der Waals surface area (Å²) in [5, 5.41) is 3.59. The van der Waals surface area contributed by atoms with Gasteiger partial charge in [-0.2, -0.15) is 0 Å². The van der Waals surface area contributed by atoms with Crippen molar-refractivity contribution in [3.05, 3.63) is 34.9 Å². The summed E-state index contributed by atoms with van der Waals surface area (Å²) in [5.74, 6) is 0.161. The minimum atomic E-state index is -0.373. The summed E-state index contributed by atoms with van der Waals surface area (Å²) < 4.78 is 0. The van der Waals surface area contributed by atoms with Crippen molar-refractivity contribution in [1.82, 2.24) is 10.2 Å². The molecule has 1 aromatic rings. The number of benzene rings is 1. The predicted octanol–water partition coefficient (Wildman–Crippen LogP) is 3.14. The van der Waals surface area contributed by atoms with E-state index in [2.05, 4.69) is 5.32 Å². The summed E-state index contributed by atoms with van der Waals surface area (Å²) in [6, 6.07) is 7.18. The number of nitrogens with zero attached hydrogens (tertiary/aromatic N) is 1. The van der Waals surface area contributed by atoms with E-state index in [1.807, 2.05) is 24.3 Å². The largest absolute Gasteiger partial charge is 0.354 e. The van der Waals surface area contributed by atoms with Crippen LogP contribution in [-0.2, 0) is 16.1 Å². The maximum Gasteiger partial charge on any atom is 0.242 e. The van der Waals surface area contributed by atoms with Crippen LogP contribution in [0, 0.1) is 5.92 Å². The SMILES string of the molecule is O=C1NCCCCC1N(Cc1ccccc1Cl)C(=O)C1CCC1. The third-order valence-electron chi connectivity index (χ3n) is 4.92. The van der Waals surface area contributed by atoms with Crippen LogP contribution in [0.2, 0.25) is 5.02 Å². The molecular weight excluding hydrogens is 312 g/mol. The van der Waals surface area contributed by atoms with Crippen LogP contribution in [0.15, 0.2) is 24.3 Å². The smallest absolute Gasteiger partial charge is 0.242 e. The normalized spacial score (nSPS) is 22.0. The highest BCUT2D eigenvalue weighted by Gasteiger charge is 2.36. The Morgan fingerprint density at radius 1 is 1.17 bits per heavy atom. The number of amides is 2. The van der Waals surface area contributed by atoms with Crippen LogP contribution in [0.3, 0.4) is 0 Å². The summed E-state index contributed by atoms with van der Waals surface area (Å²) in [7, 11) is 0. The minimum absolute atomic E-state index is 0.0257. The zero-order valence-corrected chi connectivity index (χ0v) is 14.0. The molecule has 0 bridgehead atoms. The molecule has 1 saturated heterocycles. The molecule has 1 aliphatic heterocycles. The van der Waals surface area contributed by atoms with Crippen LogP contribution >= 0.6 is 11.6 Å². The molecule has 23 heavy (non-hydrogen) atoms. The van der Waals surface area contributed by atoms with E-state index in [-0.39, 0.29) is 23.8 Å². The summed E-state index contributed by atoms with van der Waals surface area (Å²) in [6.07, 6.45) is 5.64. The van der Waals surface area contributed by atoms with Gasteiger partial charge in [0.2, 0.25) is 11.8 Å². The molecule has 3 rings (SSSR count). The molecule has 0 aromatic heterocycles. The van der Waals surface area contributed by atoms with Gasteiger partial charge in [-0.3, -0.25) is 9.59 Å². The lowest BCUT2D eigenvalue weighted by Gasteiger charge is -2.36. The fourth-order valence-electron chi connectivity index (χ4n) is 3.26. The second-order valence-electron chi connectivity index (χ2n) is 6.49. The standard InChI is InChI=1S/C18H23ClN2O2/c19-15-9-2-1-6-14(15)12-21(18(23)13-7-5-8-13)16-10-3-4-11-20-17(16)22/h1-2,6,9,13,16H,3-5,7-8,10-12H2,(H,20,22). The topological polar surface area (TPSA) is 49.4 Å². The number of carbonyl (C=O) groups is 2. The molecule has 124 valence electrons. The van der Waals surface area contributed by atoms with Crippen molar-refractivity contribution in [2.75, 3.05) is 6.54 Å². The van der Waals surface area contributed by atoms with Crippen LogP contribution in [0.1, 0.15) is 44.1 Å². The number of halogens is 1. The first kappa shape index (κ1) is 16.3. The van der Waals surface area contributed by atoms with Gasteiger partial charge < -0.3 is 10.2 Å². The van der Waals surface area contributed by atoms with Gasteiger partial charge in [0.25, 0.3) is 0 Å². The van der Waals surface area contributed by atoms with Crippen LogP contribution in [0.4, 0.5) is 0 Å². The van der Waals surface area contributed by atoms with Crippen molar-refractivity contribution < 1.29 is 9.59 Å². The minimum Gasteiger partial charge on any atom is -0.354 e. The lowest BCUT2D eigenvalue weighted by atomic mass is 9.83. The van der Waals surface area contributed by atoms with Crippen molar-refractivity contribution in [3.8, 4) is 0 Å². The van der Waals surface area contributed by atoms with E-state index in [1.165, 1.54) is 0 Å².